The van der Waals surface area contributed by atoms with E-state index in [9.17, 15) is 4.39 Å². The van der Waals surface area contributed by atoms with Crippen LogP contribution in [0.4, 0.5) is 4.39 Å². The third kappa shape index (κ3) is 3.78. The summed E-state index contributed by atoms with van der Waals surface area (Å²) in [6, 6.07) is 16.1. The van der Waals surface area contributed by atoms with E-state index in [0.29, 0.717) is 18.8 Å². The summed E-state index contributed by atoms with van der Waals surface area (Å²) in [6.07, 6.45) is 0. The van der Waals surface area contributed by atoms with Crippen molar-refractivity contribution >= 4 is 11.6 Å². The van der Waals surface area contributed by atoms with Gasteiger partial charge in [0.1, 0.15) is 23.1 Å². The van der Waals surface area contributed by atoms with E-state index in [1.807, 2.05) is 36.4 Å². The van der Waals surface area contributed by atoms with Crippen molar-refractivity contribution in [1.82, 2.24) is 5.32 Å². The lowest BCUT2D eigenvalue weighted by molar-refractivity contribution is 0.406. The molecule has 5 heteroatoms. The Balaban J connectivity index is 1.63. The molecule has 0 spiro atoms. The average molecular weight is 346 g/mol. The van der Waals surface area contributed by atoms with E-state index >= 15 is 0 Å². The molecule has 0 fully saturated rings. The largest absolute Gasteiger partial charge is 0.496 e. The van der Waals surface area contributed by atoms with Gasteiger partial charge in [-0.05, 0) is 36.4 Å². The highest BCUT2D eigenvalue weighted by atomic mass is 35.5. The van der Waals surface area contributed by atoms with E-state index in [1.165, 1.54) is 6.07 Å². The average Bonchev–Trinajstić information content (AvgIpc) is 3.06. The molecule has 1 aromatic heterocycles. The first kappa shape index (κ1) is 16.6. The fourth-order valence-corrected chi connectivity index (χ4v) is 2.63. The van der Waals surface area contributed by atoms with Crippen LogP contribution in [0.5, 0.6) is 5.75 Å². The Morgan fingerprint density at radius 3 is 2.71 bits per heavy atom. The highest BCUT2D eigenvalue weighted by molar-refractivity contribution is 6.31. The molecule has 24 heavy (non-hydrogen) atoms. The van der Waals surface area contributed by atoms with Gasteiger partial charge in [0, 0.05) is 17.7 Å². The molecule has 0 aliphatic rings. The molecule has 0 saturated carbocycles. The van der Waals surface area contributed by atoms with E-state index in [-0.39, 0.29) is 5.02 Å². The Labute approximate surface area is 145 Å². The number of nitrogens with one attached hydrogen (secondary N) is 1. The van der Waals surface area contributed by atoms with Gasteiger partial charge in [0.25, 0.3) is 0 Å². The molecule has 0 unspecified atom stereocenters. The minimum Gasteiger partial charge on any atom is -0.496 e. The van der Waals surface area contributed by atoms with Crippen LogP contribution in [0, 0.1) is 5.82 Å². The molecular weight excluding hydrogens is 329 g/mol. The van der Waals surface area contributed by atoms with Crippen LogP contribution < -0.4 is 10.1 Å². The smallest absolute Gasteiger partial charge is 0.141 e. The summed E-state index contributed by atoms with van der Waals surface area (Å²) >= 11 is 5.81. The molecule has 0 amide bonds. The number of para-hydroxylation sites is 1. The van der Waals surface area contributed by atoms with Gasteiger partial charge in [-0.25, -0.2) is 4.39 Å². The number of hydrogen-bond donors (Lipinski definition) is 1. The molecule has 1 N–H and O–H groups in total. The van der Waals surface area contributed by atoms with Gasteiger partial charge in [-0.15, -0.1) is 0 Å². The fourth-order valence-electron chi connectivity index (χ4n) is 2.45. The van der Waals surface area contributed by atoms with Crippen LogP contribution in [0.15, 0.2) is 59.0 Å². The minimum absolute atomic E-state index is 0.0831. The molecule has 0 bridgehead atoms. The second kappa shape index (κ2) is 7.51. The van der Waals surface area contributed by atoms with Gasteiger partial charge < -0.3 is 14.5 Å². The van der Waals surface area contributed by atoms with E-state index in [1.54, 1.807) is 19.2 Å². The monoisotopic (exact) mass is 345 g/mol. The summed E-state index contributed by atoms with van der Waals surface area (Å²) < 4.78 is 24.3. The highest BCUT2D eigenvalue weighted by Crippen LogP contribution is 2.26. The molecule has 0 atom stereocenters. The molecule has 124 valence electrons. The van der Waals surface area contributed by atoms with Crippen molar-refractivity contribution in [1.29, 1.82) is 0 Å². The van der Waals surface area contributed by atoms with Gasteiger partial charge in [-0.1, -0.05) is 29.8 Å². The lowest BCUT2D eigenvalue weighted by atomic mass is 10.2. The Morgan fingerprint density at radius 1 is 1.08 bits per heavy atom. The van der Waals surface area contributed by atoms with Crippen LogP contribution in [0.25, 0.3) is 11.3 Å². The second-order valence-corrected chi connectivity index (χ2v) is 5.72. The maximum atomic E-state index is 13.2. The third-order valence-corrected chi connectivity index (χ3v) is 3.96. The van der Waals surface area contributed by atoms with Crippen LogP contribution in [-0.2, 0) is 13.1 Å². The first-order valence-electron chi connectivity index (χ1n) is 7.54. The van der Waals surface area contributed by atoms with Crippen LogP contribution >= 0.6 is 11.6 Å². The molecule has 0 radical (unpaired) electrons. The Hall–Kier alpha value is -2.30. The quantitative estimate of drug-likeness (QED) is 0.679. The van der Waals surface area contributed by atoms with E-state index in [2.05, 4.69) is 5.32 Å². The number of rotatable bonds is 6. The Bertz CT molecular complexity index is 832. The van der Waals surface area contributed by atoms with Crippen molar-refractivity contribution in [3.8, 4) is 17.1 Å². The Kier molecular flexibility index (Phi) is 5.18. The predicted molar refractivity (Wildman–Crippen MR) is 92.6 cm³/mol. The number of ether oxygens (including phenoxy) is 1. The molecule has 1 heterocycles. The molecule has 3 aromatic rings. The number of benzene rings is 2. The summed E-state index contributed by atoms with van der Waals surface area (Å²) in [5.41, 5.74) is 1.83. The zero-order chi connectivity index (χ0) is 16.9. The van der Waals surface area contributed by atoms with Crippen LogP contribution in [0.2, 0.25) is 5.02 Å². The molecule has 0 aliphatic carbocycles. The summed E-state index contributed by atoms with van der Waals surface area (Å²) in [5.74, 6) is 1.86. The number of furan rings is 1. The zero-order valence-corrected chi connectivity index (χ0v) is 13.9. The van der Waals surface area contributed by atoms with E-state index in [4.69, 9.17) is 20.8 Å². The topological polar surface area (TPSA) is 34.4 Å². The van der Waals surface area contributed by atoms with E-state index < -0.39 is 5.82 Å². The second-order valence-electron chi connectivity index (χ2n) is 5.31. The van der Waals surface area contributed by atoms with Gasteiger partial charge in [0.2, 0.25) is 0 Å². The summed E-state index contributed by atoms with van der Waals surface area (Å²) in [6.45, 7) is 1.25. The van der Waals surface area contributed by atoms with Gasteiger partial charge >= 0.3 is 0 Å². The van der Waals surface area contributed by atoms with Gasteiger partial charge in [-0.2, -0.15) is 0 Å². The van der Waals surface area contributed by atoms with Gasteiger partial charge in [0.15, 0.2) is 0 Å². The Morgan fingerprint density at radius 2 is 1.92 bits per heavy atom. The van der Waals surface area contributed by atoms with Crippen molar-refractivity contribution < 1.29 is 13.5 Å². The maximum Gasteiger partial charge on any atom is 0.141 e. The lowest BCUT2D eigenvalue weighted by Gasteiger charge is -2.08. The molecular formula is C19H17ClFNO2. The maximum absolute atomic E-state index is 13.2. The molecule has 3 rings (SSSR count). The van der Waals surface area contributed by atoms with Crippen LogP contribution in [-0.4, -0.2) is 7.11 Å². The number of methoxy groups -OCH3 is 1. The normalized spacial score (nSPS) is 10.8. The van der Waals surface area contributed by atoms with Crippen molar-refractivity contribution in [2.24, 2.45) is 0 Å². The van der Waals surface area contributed by atoms with Crippen molar-refractivity contribution in [2.75, 3.05) is 7.11 Å². The third-order valence-electron chi connectivity index (χ3n) is 3.67. The fraction of sp³-hybridized carbons (Fsp3) is 0.158. The number of halogens is 2. The highest BCUT2D eigenvalue weighted by Gasteiger charge is 2.08. The molecule has 3 nitrogen and oxygen atoms in total. The van der Waals surface area contributed by atoms with Crippen LogP contribution in [0.3, 0.4) is 0 Å². The van der Waals surface area contributed by atoms with Crippen molar-refractivity contribution in [3.05, 3.63) is 76.8 Å². The standard InChI is InChI=1S/C19H17ClFNO2/c1-23-18-5-3-2-4-14(18)11-22-12-15-7-9-19(24-15)13-6-8-17(21)16(20)10-13/h2-10,22H,11-12H2,1H3. The predicted octanol–water partition coefficient (Wildman–Crippen LogP) is 5.04. The van der Waals surface area contributed by atoms with Crippen molar-refractivity contribution in [2.45, 2.75) is 13.1 Å². The minimum atomic E-state index is -0.439. The van der Waals surface area contributed by atoms with Gasteiger partial charge in [0.05, 0.1) is 18.7 Å². The first-order chi connectivity index (χ1) is 11.7. The SMILES string of the molecule is COc1ccccc1CNCc1ccc(-c2ccc(F)c(Cl)c2)o1. The van der Waals surface area contributed by atoms with E-state index in [0.717, 1.165) is 22.6 Å². The molecule has 0 saturated heterocycles. The first-order valence-corrected chi connectivity index (χ1v) is 7.92. The summed E-state index contributed by atoms with van der Waals surface area (Å²) in [4.78, 5) is 0. The van der Waals surface area contributed by atoms with Crippen molar-refractivity contribution in [3.63, 3.8) is 0 Å². The summed E-state index contributed by atoms with van der Waals surface area (Å²) in [7, 11) is 1.66. The lowest BCUT2D eigenvalue weighted by Crippen LogP contribution is -2.12. The summed E-state index contributed by atoms with van der Waals surface area (Å²) in [5, 5.41) is 3.40. The zero-order valence-electron chi connectivity index (χ0n) is 13.2. The molecule has 0 aliphatic heterocycles. The van der Waals surface area contributed by atoms with Crippen LogP contribution in [0.1, 0.15) is 11.3 Å². The number of hydrogen-bond acceptors (Lipinski definition) is 3. The van der Waals surface area contributed by atoms with Gasteiger partial charge in [-0.3, -0.25) is 0 Å². The molecule has 2 aromatic carbocycles.